The maximum Gasteiger partial charge on any atom is 0.131 e. The predicted molar refractivity (Wildman–Crippen MR) is 56.0 cm³/mol. The van der Waals surface area contributed by atoms with Gasteiger partial charge in [0.05, 0.1) is 5.60 Å². The van der Waals surface area contributed by atoms with Gasteiger partial charge in [0.25, 0.3) is 0 Å². The van der Waals surface area contributed by atoms with Gasteiger partial charge in [0.2, 0.25) is 0 Å². The van der Waals surface area contributed by atoms with Gasteiger partial charge in [-0.15, -0.1) is 0 Å². The summed E-state index contributed by atoms with van der Waals surface area (Å²) in [5.74, 6) is 1.68. The van der Waals surface area contributed by atoms with Gasteiger partial charge in [-0.05, 0) is 20.8 Å². The number of nitrogens with zero attached hydrogens (tertiary/aromatic N) is 2. The number of aromatic nitrogens is 2. The molecular weight excluding hydrogens is 180 g/mol. The minimum atomic E-state index is -0.770. The second-order valence-corrected chi connectivity index (χ2v) is 3.89. The number of anilines is 2. The van der Waals surface area contributed by atoms with E-state index >= 15 is 0 Å². The van der Waals surface area contributed by atoms with E-state index in [2.05, 4.69) is 15.3 Å². The first kappa shape index (κ1) is 10.7. The van der Waals surface area contributed by atoms with Crippen LogP contribution in [-0.2, 0) is 0 Å². The first-order valence-corrected chi connectivity index (χ1v) is 4.44. The van der Waals surface area contributed by atoms with Crippen molar-refractivity contribution in [2.45, 2.75) is 26.4 Å². The molecular formula is C9H16N4O. The van der Waals surface area contributed by atoms with Crippen molar-refractivity contribution in [2.75, 3.05) is 17.6 Å². The Kier molecular flexibility index (Phi) is 2.90. The van der Waals surface area contributed by atoms with Crippen LogP contribution in [0.2, 0.25) is 0 Å². The lowest BCUT2D eigenvalue weighted by molar-refractivity contribution is 0.0944. The molecule has 1 heterocycles. The number of hydrogen-bond acceptors (Lipinski definition) is 5. The normalized spacial score (nSPS) is 11.4. The third-order valence-electron chi connectivity index (χ3n) is 1.56. The summed E-state index contributed by atoms with van der Waals surface area (Å²) in [5.41, 5.74) is 4.77. The van der Waals surface area contributed by atoms with Crippen LogP contribution in [0.5, 0.6) is 0 Å². The Hall–Kier alpha value is -1.36. The predicted octanol–water partition coefficient (Wildman–Crippen LogP) is 0.550. The lowest BCUT2D eigenvalue weighted by atomic mass is 10.1. The smallest absolute Gasteiger partial charge is 0.131 e. The Morgan fingerprint density at radius 2 is 2.14 bits per heavy atom. The zero-order valence-corrected chi connectivity index (χ0v) is 8.70. The SMILES string of the molecule is Cc1nc(N)cc(NCC(C)(C)O)n1. The topological polar surface area (TPSA) is 84.1 Å². The second kappa shape index (κ2) is 3.79. The Bertz CT molecular complexity index is 299. The van der Waals surface area contributed by atoms with Crippen LogP contribution in [0.4, 0.5) is 11.6 Å². The maximum absolute atomic E-state index is 9.48. The van der Waals surface area contributed by atoms with E-state index in [9.17, 15) is 5.11 Å². The highest BCUT2D eigenvalue weighted by Crippen LogP contribution is 2.09. The van der Waals surface area contributed by atoms with Crippen molar-refractivity contribution in [3.05, 3.63) is 11.9 Å². The van der Waals surface area contributed by atoms with E-state index in [0.29, 0.717) is 24.0 Å². The Morgan fingerprint density at radius 3 is 2.64 bits per heavy atom. The molecule has 14 heavy (non-hydrogen) atoms. The summed E-state index contributed by atoms with van der Waals surface area (Å²) in [7, 11) is 0. The van der Waals surface area contributed by atoms with Gasteiger partial charge in [0, 0.05) is 12.6 Å². The molecule has 0 spiro atoms. The molecule has 0 aliphatic rings. The van der Waals surface area contributed by atoms with Crippen molar-refractivity contribution >= 4 is 11.6 Å². The largest absolute Gasteiger partial charge is 0.389 e. The Morgan fingerprint density at radius 1 is 1.50 bits per heavy atom. The fraction of sp³-hybridized carbons (Fsp3) is 0.556. The minimum absolute atomic E-state index is 0.420. The molecule has 0 aromatic carbocycles. The molecule has 0 radical (unpaired) electrons. The van der Waals surface area contributed by atoms with Crippen molar-refractivity contribution in [3.63, 3.8) is 0 Å². The summed E-state index contributed by atoms with van der Waals surface area (Å²) in [6.07, 6.45) is 0. The minimum Gasteiger partial charge on any atom is -0.389 e. The highest BCUT2D eigenvalue weighted by atomic mass is 16.3. The van der Waals surface area contributed by atoms with Gasteiger partial charge in [-0.3, -0.25) is 0 Å². The summed E-state index contributed by atoms with van der Waals surface area (Å²) in [6, 6.07) is 1.64. The number of nitrogens with two attached hydrogens (primary N) is 1. The summed E-state index contributed by atoms with van der Waals surface area (Å²) in [4.78, 5) is 8.07. The molecule has 0 aliphatic heterocycles. The molecule has 0 bridgehead atoms. The summed E-state index contributed by atoms with van der Waals surface area (Å²) >= 11 is 0. The molecule has 0 saturated carbocycles. The number of rotatable bonds is 3. The van der Waals surface area contributed by atoms with E-state index in [0.717, 1.165) is 0 Å². The fourth-order valence-corrected chi connectivity index (χ4v) is 0.988. The first-order chi connectivity index (χ1) is 6.37. The highest BCUT2D eigenvalue weighted by Gasteiger charge is 2.12. The van der Waals surface area contributed by atoms with E-state index in [1.54, 1.807) is 26.8 Å². The van der Waals surface area contributed by atoms with Crippen LogP contribution < -0.4 is 11.1 Å². The Balaban J connectivity index is 2.68. The molecule has 4 N–H and O–H groups in total. The third kappa shape index (κ3) is 3.57. The zero-order valence-electron chi connectivity index (χ0n) is 8.70. The van der Waals surface area contributed by atoms with Gasteiger partial charge < -0.3 is 16.2 Å². The van der Waals surface area contributed by atoms with Crippen molar-refractivity contribution in [2.24, 2.45) is 0 Å². The van der Waals surface area contributed by atoms with Crippen molar-refractivity contribution in [3.8, 4) is 0 Å². The quantitative estimate of drug-likeness (QED) is 0.657. The first-order valence-electron chi connectivity index (χ1n) is 4.44. The number of nitrogens with one attached hydrogen (secondary N) is 1. The van der Waals surface area contributed by atoms with Gasteiger partial charge in [0.1, 0.15) is 17.5 Å². The van der Waals surface area contributed by atoms with Gasteiger partial charge in [0.15, 0.2) is 0 Å². The number of aliphatic hydroxyl groups is 1. The molecule has 0 amide bonds. The number of hydrogen-bond donors (Lipinski definition) is 3. The van der Waals surface area contributed by atoms with Crippen molar-refractivity contribution in [1.82, 2.24) is 9.97 Å². The molecule has 0 unspecified atom stereocenters. The standard InChI is InChI=1S/C9H16N4O/c1-6-12-7(10)4-8(13-6)11-5-9(2,3)14/h4,14H,5H2,1-3H3,(H3,10,11,12,13). The molecule has 0 atom stereocenters. The molecule has 5 heteroatoms. The van der Waals surface area contributed by atoms with Crippen LogP contribution in [0.15, 0.2) is 6.07 Å². The van der Waals surface area contributed by atoms with Crippen LogP contribution >= 0.6 is 0 Å². The molecule has 1 aromatic heterocycles. The molecule has 78 valence electrons. The van der Waals surface area contributed by atoms with E-state index in [1.807, 2.05) is 0 Å². The van der Waals surface area contributed by atoms with Crippen LogP contribution in [0, 0.1) is 6.92 Å². The van der Waals surface area contributed by atoms with Gasteiger partial charge in [-0.25, -0.2) is 9.97 Å². The van der Waals surface area contributed by atoms with Crippen molar-refractivity contribution < 1.29 is 5.11 Å². The molecule has 5 nitrogen and oxygen atoms in total. The van der Waals surface area contributed by atoms with E-state index in [4.69, 9.17) is 5.73 Å². The van der Waals surface area contributed by atoms with Crippen LogP contribution in [0.3, 0.4) is 0 Å². The van der Waals surface area contributed by atoms with Gasteiger partial charge in [-0.2, -0.15) is 0 Å². The fourth-order valence-electron chi connectivity index (χ4n) is 0.988. The number of nitrogen functional groups attached to an aromatic ring is 1. The van der Waals surface area contributed by atoms with Crippen LogP contribution in [-0.4, -0.2) is 27.2 Å². The molecule has 0 aliphatic carbocycles. The van der Waals surface area contributed by atoms with E-state index in [1.165, 1.54) is 0 Å². The van der Waals surface area contributed by atoms with Crippen LogP contribution in [0.25, 0.3) is 0 Å². The average Bonchev–Trinajstić information content (AvgIpc) is 1.97. The molecule has 1 rings (SSSR count). The Labute approximate surface area is 83.4 Å². The molecule has 0 saturated heterocycles. The van der Waals surface area contributed by atoms with E-state index in [-0.39, 0.29) is 0 Å². The van der Waals surface area contributed by atoms with E-state index < -0.39 is 5.60 Å². The van der Waals surface area contributed by atoms with Gasteiger partial charge >= 0.3 is 0 Å². The highest BCUT2D eigenvalue weighted by molar-refractivity contribution is 5.44. The second-order valence-electron chi connectivity index (χ2n) is 3.89. The molecule has 1 aromatic rings. The van der Waals surface area contributed by atoms with Gasteiger partial charge in [-0.1, -0.05) is 0 Å². The lowest BCUT2D eigenvalue weighted by Gasteiger charge is -2.18. The molecule has 0 fully saturated rings. The lowest BCUT2D eigenvalue weighted by Crippen LogP contribution is -2.29. The number of aryl methyl sites for hydroxylation is 1. The summed E-state index contributed by atoms with van der Waals surface area (Å²) in [6.45, 7) is 5.63. The van der Waals surface area contributed by atoms with Crippen LogP contribution in [0.1, 0.15) is 19.7 Å². The zero-order chi connectivity index (χ0) is 10.8. The van der Waals surface area contributed by atoms with Crippen molar-refractivity contribution in [1.29, 1.82) is 0 Å². The average molecular weight is 196 g/mol. The third-order valence-corrected chi connectivity index (χ3v) is 1.56. The summed E-state index contributed by atoms with van der Waals surface area (Å²) < 4.78 is 0. The maximum atomic E-state index is 9.48. The monoisotopic (exact) mass is 196 g/mol. The summed E-state index contributed by atoms with van der Waals surface area (Å²) in [5, 5.41) is 12.5.